The fourth-order valence-corrected chi connectivity index (χ4v) is 3.07. The van der Waals surface area contributed by atoms with Crippen molar-refractivity contribution in [3.8, 4) is 6.07 Å². The lowest BCUT2D eigenvalue weighted by atomic mass is 9.88. The molecule has 102 valence electrons. The van der Waals surface area contributed by atoms with E-state index < -0.39 is 0 Å². The van der Waals surface area contributed by atoms with Crippen molar-refractivity contribution in [1.29, 1.82) is 5.26 Å². The van der Waals surface area contributed by atoms with E-state index in [2.05, 4.69) is 17.9 Å². The van der Waals surface area contributed by atoms with Crippen LogP contribution >= 0.6 is 11.6 Å². The molecular weight excluding hydrogens is 258 g/mol. The van der Waals surface area contributed by atoms with E-state index in [0.717, 1.165) is 24.6 Å². The van der Waals surface area contributed by atoms with Gasteiger partial charge in [-0.1, -0.05) is 24.9 Å². The van der Waals surface area contributed by atoms with Gasteiger partial charge in [0.1, 0.15) is 6.07 Å². The van der Waals surface area contributed by atoms with Crippen LogP contribution in [-0.4, -0.2) is 19.1 Å². The van der Waals surface area contributed by atoms with Crippen LogP contribution in [0.4, 0.5) is 5.69 Å². The summed E-state index contributed by atoms with van der Waals surface area (Å²) in [6.07, 6.45) is 3.48. The monoisotopic (exact) mass is 277 g/mol. The first-order valence-electron chi connectivity index (χ1n) is 6.86. The molecule has 3 nitrogen and oxygen atoms in total. The summed E-state index contributed by atoms with van der Waals surface area (Å²) in [6.45, 7) is 3.83. The quantitative estimate of drug-likeness (QED) is 0.923. The Labute approximate surface area is 120 Å². The maximum atomic E-state index is 9.26. The van der Waals surface area contributed by atoms with Gasteiger partial charge in [0.25, 0.3) is 0 Å². The van der Waals surface area contributed by atoms with E-state index in [1.807, 2.05) is 12.1 Å². The van der Waals surface area contributed by atoms with Crippen LogP contribution in [-0.2, 0) is 0 Å². The van der Waals surface area contributed by atoms with E-state index in [1.54, 1.807) is 6.07 Å². The third-order valence-electron chi connectivity index (χ3n) is 4.06. The maximum Gasteiger partial charge on any atom is 0.101 e. The van der Waals surface area contributed by atoms with Crippen LogP contribution in [0.3, 0.4) is 0 Å². The number of piperidine rings is 1. The maximum absolute atomic E-state index is 9.26. The molecule has 1 heterocycles. The molecule has 1 aliphatic rings. The van der Waals surface area contributed by atoms with Crippen molar-refractivity contribution in [2.45, 2.75) is 32.2 Å². The average Bonchev–Trinajstić information content (AvgIpc) is 2.46. The number of rotatable bonds is 3. The summed E-state index contributed by atoms with van der Waals surface area (Å²) in [5.41, 5.74) is 7.53. The first kappa shape index (κ1) is 14.2. The number of hydrogen-bond acceptors (Lipinski definition) is 3. The zero-order valence-corrected chi connectivity index (χ0v) is 12.0. The zero-order chi connectivity index (χ0) is 13.8. The third-order valence-corrected chi connectivity index (χ3v) is 4.30. The minimum atomic E-state index is 0.326. The first-order chi connectivity index (χ1) is 9.19. The van der Waals surface area contributed by atoms with Gasteiger partial charge in [-0.15, -0.1) is 0 Å². The van der Waals surface area contributed by atoms with Gasteiger partial charge >= 0.3 is 0 Å². The molecule has 0 spiro atoms. The van der Waals surface area contributed by atoms with E-state index in [4.69, 9.17) is 17.3 Å². The normalized spacial score (nSPS) is 23.2. The van der Waals surface area contributed by atoms with Crippen LogP contribution in [0.25, 0.3) is 0 Å². The van der Waals surface area contributed by atoms with Gasteiger partial charge in [0, 0.05) is 24.2 Å². The van der Waals surface area contributed by atoms with Crippen LogP contribution in [0.2, 0.25) is 5.02 Å². The second-order valence-electron chi connectivity index (χ2n) is 5.15. The van der Waals surface area contributed by atoms with Gasteiger partial charge in [-0.25, -0.2) is 0 Å². The second kappa shape index (κ2) is 6.27. The van der Waals surface area contributed by atoms with Crippen molar-refractivity contribution in [2.75, 3.05) is 18.0 Å². The van der Waals surface area contributed by atoms with E-state index in [9.17, 15) is 5.26 Å². The van der Waals surface area contributed by atoms with Gasteiger partial charge in [0.15, 0.2) is 0 Å². The Bertz CT molecular complexity index is 481. The molecule has 0 aliphatic carbocycles. The third kappa shape index (κ3) is 3.02. The highest BCUT2D eigenvalue weighted by Gasteiger charge is 2.28. The Morgan fingerprint density at radius 1 is 1.53 bits per heavy atom. The van der Waals surface area contributed by atoms with E-state index in [0.29, 0.717) is 23.2 Å². The van der Waals surface area contributed by atoms with Crippen LogP contribution in [0.15, 0.2) is 18.2 Å². The molecule has 0 aromatic heterocycles. The zero-order valence-electron chi connectivity index (χ0n) is 11.3. The van der Waals surface area contributed by atoms with Crippen LogP contribution in [0, 0.1) is 17.2 Å². The van der Waals surface area contributed by atoms with Crippen molar-refractivity contribution in [3.63, 3.8) is 0 Å². The van der Waals surface area contributed by atoms with Crippen LogP contribution in [0.5, 0.6) is 0 Å². The van der Waals surface area contributed by atoms with Gasteiger partial charge in [-0.3, -0.25) is 0 Å². The van der Waals surface area contributed by atoms with Gasteiger partial charge in [0.2, 0.25) is 0 Å². The van der Waals surface area contributed by atoms with Crippen molar-refractivity contribution >= 4 is 17.3 Å². The smallest absolute Gasteiger partial charge is 0.101 e. The molecule has 0 amide bonds. The lowest BCUT2D eigenvalue weighted by Gasteiger charge is -2.40. The number of halogens is 1. The van der Waals surface area contributed by atoms with E-state index in [-0.39, 0.29) is 0 Å². The number of nitriles is 1. The molecule has 0 saturated carbocycles. The number of nitrogens with zero attached hydrogens (tertiary/aromatic N) is 2. The molecule has 4 heteroatoms. The Morgan fingerprint density at radius 2 is 2.32 bits per heavy atom. The summed E-state index contributed by atoms with van der Waals surface area (Å²) in [4.78, 5) is 2.28. The number of hydrogen-bond donors (Lipinski definition) is 1. The van der Waals surface area contributed by atoms with Crippen LogP contribution < -0.4 is 10.6 Å². The molecule has 1 aromatic rings. The summed E-state index contributed by atoms with van der Waals surface area (Å²) in [7, 11) is 0. The molecule has 1 aromatic carbocycles. The SMILES string of the molecule is CCC1CCN(c2ccc(Cl)cc2C#N)C(CN)C1. The summed E-state index contributed by atoms with van der Waals surface area (Å²) in [6, 6.07) is 8.08. The molecule has 1 saturated heterocycles. The Morgan fingerprint density at radius 3 is 2.95 bits per heavy atom. The Balaban J connectivity index is 2.28. The fourth-order valence-electron chi connectivity index (χ4n) is 2.89. The van der Waals surface area contributed by atoms with E-state index >= 15 is 0 Å². The molecule has 2 rings (SSSR count). The van der Waals surface area contributed by atoms with Crippen molar-refractivity contribution in [1.82, 2.24) is 0 Å². The molecule has 19 heavy (non-hydrogen) atoms. The van der Waals surface area contributed by atoms with Gasteiger partial charge in [0.05, 0.1) is 11.3 Å². The topological polar surface area (TPSA) is 53.0 Å². The Hall–Kier alpha value is -1.24. The predicted molar refractivity (Wildman–Crippen MR) is 79.4 cm³/mol. The molecule has 1 fully saturated rings. The average molecular weight is 278 g/mol. The lowest BCUT2D eigenvalue weighted by molar-refractivity contribution is 0.336. The number of anilines is 1. The molecule has 0 bridgehead atoms. The molecular formula is C15H20ClN3. The molecule has 2 atom stereocenters. The minimum Gasteiger partial charge on any atom is -0.366 e. The lowest BCUT2D eigenvalue weighted by Crippen LogP contribution is -2.47. The fraction of sp³-hybridized carbons (Fsp3) is 0.533. The standard InChI is InChI=1S/C15H20ClN3/c1-2-11-5-6-19(14(7-11)10-18)15-4-3-13(16)8-12(15)9-17/h3-4,8,11,14H,2,5-7,10,18H2,1H3. The molecule has 0 radical (unpaired) electrons. The first-order valence-corrected chi connectivity index (χ1v) is 7.23. The minimum absolute atomic E-state index is 0.326. The van der Waals surface area contributed by atoms with Crippen molar-refractivity contribution < 1.29 is 0 Å². The van der Waals surface area contributed by atoms with Gasteiger partial charge in [-0.05, 0) is 37.0 Å². The summed E-state index contributed by atoms with van der Waals surface area (Å²) in [5.74, 6) is 0.752. The highest BCUT2D eigenvalue weighted by atomic mass is 35.5. The molecule has 1 aliphatic heterocycles. The number of benzene rings is 1. The van der Waals surface area contributed by atoms with Crippen molar-refractivity contribution in [2.24, 2.45) is 11.7 Å². The summed E-state index contributed by atoms with van der Waals surface area (Å²) in [5, 5.41) is 9.87. The Kier molecular flexibility index (Phi) is 4.68. The van der Waals surface area contributed by atoms with Gasteiger partial charge in [-0.2, -0.15) is 5.26 Å². The van der Waals surface area contributed by atoms with E-state index in [1.165, 1.54) is 12.8 Å². The largest absolute Gasteiger partial charge is 0.366 e. The second-order valence-corrected chi connectivity index (χ2v) is 5.59. The summed E-state index contributed by atoms with van der Waals surface area (Å²) >= 11 is 5.96. The molecule has 2 unspecified atom stereocenters. The number of nitrogens with two attached hydrogens (primary N) is 1. The predicted octanol–water partition coefficient (Wildman–Crippen LogP) is 3.17. The van der Waals surface area contributed by atoms with Gasteiger partial charge < -0.3 is 10.6 Å². The highest BCUT2D eigenvalue weighted by molar-refractivity contribution is 6.30. The highest BCUT2D eigenvalue weighted by Crippen LogP contribution is 2.32. The summed E-state index contributed by atoms with van der Waals surface area (Å²) < 4.78 is 0. The van der Waals surface area contributed by atoms with Crippen molar-refractivity contribution in [3.05, 3.63) is 28.8 Å². The van der Waals surface area contributed by atoms with Crippen LogP contribution in [0.1, 0.15) is 31.7 Å². The molecule has 2 N–H and O–H groups in total.